The third-order valence-corrected chi connectivity index (χ3v) is 4.59. The third-order valence-electron chi connectivity index (χ3n) is 4.22. The predicted molar refractivity (Wildman–Crippen MR) is 97.0 cm³/mol. The Bertz CT molecular complexity index is 961. The topological polar surface area (TPSA) is 89.4 Å². The highest BCUT2D eigenvalue weighted by atomic mass is 35.5. The number of carbonyl (C=O) groups excluding carboxylic acids is 3. The van der Waals surface area contributed by atoms with Crippen LogP contribution in [-0.4, -0.2) is 29.1 Å². The van der Waals surface area contributed by atoms with E-state index in [0.29, 0.717) is 22.2 Å². The first-order chi connectivity index (χ1) is 12.4. The minimum Gasteiger partial charge on any atom is -0.463 e. The smallest absolute Gasteiger partial charge is 0.338 e. The summed E-state index contributed by atoms with van der Waals surface area (Å²) in [6, 6.07) is 5.85. The summed E-state index contributed by atoms with van der Waals surface area (Å²) in [6.07, 6.45) is 0. The van der Waals surface area contributed by atoms with Crippen molar-refractivity contribution in [3.05, 3.63) is 46.3 Å². The summed E-state index contributed by atoms with van der Waals surface area (Å²) < 4.78 is 6.50. The minimum absolute atomic E-state index is 0.153. The Hall–Kier alpha value is -2.80. The lowest BCUT2D eigenvalue weighted by Crippen LogP contribution is -2.45. The van der Waals surface area contributed by atoms with Crippen molar-refractivity contribution in [1.29, 1.82) is 0 Å². The van der Waals surface area contributed by atoms with E-state index in [1.165, 1.54) is 11.5 Å². The van der Waals surface area contributed by atoms with Crippen molar-refractivity contribution in [2.24, 2.45) is 0 Å². The molecule has 3 rings (SSSR count). The molecule has 2 aromatic rings. The maximum atomic E-state index is 12.5. The van der Waals surface area contributed by atoms with Crippen molar-refractivity contribution in [3.63, 3.8) is 0 Å². The molecule has 7 nitrogen and oxygen atoms in total. The molecule has 0 saturated heterocycles. The fourth-order valence-electron chi connectivity index (χ4n) is 3.21. The van der Waals surface area contributed by atoms with Gasteiger partial charge in [-0.15, -0.1) is 0 Å². The van der Waals surface area contributed by atoms with Crippen LogP contribution < -0.4 is 10.6 Å². The standard InChI is InChI=1S/C18H18ClN3O4/c1-4-26-17(24)13-9(2)20-18(25)21-15(13)14-11-7-5-6-8-12(11)22(10(3)23)16(14)19/h5-8,15H,4H2,1-3H3,(H2,20,21,25). The van der Waals surface area contributed by atoms with Gasteiger partial charge in [-0.3, -0.25) is 9.36 Å². The van der Waals surface area contributed by atoms with E-state index in [9.17, 15) is 14.4 Å². The van der Waals surface area contributed by atoms with Crippen molar-refractivity contribution >= 4 is 40.4 Å². The first kappa shape index (κ1) is 18.0. The quantitative estimate of drug-likeness (QED) is 0.806. The van der Waals surface area contributed by atoms with Crippen LogP contribution in [0.1, 0.15) is 37.2 Å². The molecular weight excluding hydrogens is 358 g/mol. The Kier molecular flexibility index (Phi) is 4.73. The van der Waals surface area contributed by atoms with Gasteiger partial charge in [-0.1, -0.05) is 29.8 Å². The number of benzene rings is 1. The monoisotopic (exact) mass is 375 g/mol. The number of allylic oxidation sites excluding steroid dienone is 1. The molecule has 1 aliphatic rings. The van der Waals surface area contributed by atoms with Gasteiger partial charge in [0.25, 0.3) is 0 Å². The van der Waals surface area contributed by atoms with Crippen LogP contribution in [0.3, 0.4) is 0 Å². The van der Waals surface area contributed by atoms with E-state index in [4.69, 9.17) is 16.3 Å². The van der Waals surface area contributed by atoms with Crippen molar-refractivity contribution in [1.82, 2.24) is 15.2 Å². The molecule has 1 aliphatic heterocycles. The number of para-hydroxylation sites is 1. The number of ether oxygens (including phenoxy) is 1. The molecule has 0 fully saturated rings. The molecule has 136 valence electrons. The van der Waals surface area contributed by atoms with E-state index >= 15 is 0 Å². The molecule has 0 bridgehead atoms. The summed E-state index contributed by atoms with van der Waals surface area (Å²) in [7, 11) is 0. The summed E-state index contributed by atoms with van der Waals surface area (Å²) in [6.45, 7) is 4.91. The van der Waals surface area contributed by atoms with Gasteiger partial charge in [-0.2, -0.15) is 0 Å². The zero-order chi connectivity index (χ0) is 19.0. The average Bonchev–Trinajstić information content (AvgIpc) is 2.85. The van der Waals surface area contributed by atoms with Gasteiger partial charge < -0.3 is 15.4 Å². The Morgan fingerprint density at radius 2 is 2.00 bits per heavy atom. The van der Waals surface area contributed by atoms with E-state index in [2.05, 4.69) is 10.6 Å². The van der Waals surface area contributed by atoms with Gasteiger partial charge in [0, 0.05) is 23.6 Å². The van der Waals surface area contributed by atoms with Crippen LogP contribution in [0, 0.1) is 0 Å². The van der Waals surface area contributed by atoms with Crippen LogP contribution in [0.5, 0.6) is 0 Å². The SMILES string of the molecule is CCOC(=O)C1=C(C)NC(=O)NC1c1c(Cl)n(C(C)=O)c2ccccc12. The van der Waals surface area contributed by atoms with Crippen LogP contribution in [0.4, 0.5) is 4.79 Å². The molecule has 2 amide bonds. The maximum Gasteiger partial charge on any atom is 0.338 e. The molecule has 2 N–H and O–H groups in total. The van der Waals surface area contributed by atoms with Crippen LogP contribution in [0.2, 0.25) is 5.15 Å². The molecule has 0 saturated carbocycles. The number of halogens is 1. The normalized spacial score (nSPS) is 17.1. The minimum atomic E-state index is -0.833. The highest BCUT2D eigenvalue weighted by Gasteiger charge is 2.36. The zero-order valence-electron chi connectivity index (χ0n) is 14.6. The van der Waals surface area contributed by atoms with E-state index in [1.54, 1.807) is 38.1 Å². The number of hydrogen-bond donors (Lipinski definition) is 2. The summed E-state index contributed by atoms with van der Waals surface area (Å²) in [5.41, 5.74) is 1.72. The molecule has 1 atom stereocenters. The second-order valence-electron chi connectivity index (χ2n) is 5.87. The van der Waals surface area contributed by atoms with Gasteiger partial charge in [0.2, 0.25) is 5.91 Å². The van der Waals surface area contributed by atoms with Gasteiger partial charge in [0.1, 0.15) is 5.15 Å². The average molecular weight is 376 g/mol. The van der Waals surface area contributed by atoms with Crippen LogP contribution in [0.25, 0.3) is 10.9 Å². The number of amides is 2. The number of rotatable bonds is 3. The van der Waals surface area contributed by atoms with Gasteiger partial charge in [-0.25, -0.2) is 9.59 Å². The molecule has 0 spiro atoms. The van der Waals surface area contributed by atoms with Gasteiger partial charge >= 0.3 is 12.0 Å². The Morgan fingerprint density at radius 1 is 1.31 bits per heavy atom. The number of urea groups is 1. The van der Waals surface area contributed by atoms with E-state index in [0.717, 1.165) is 0 Å². The zero-order valence-corrected chi connectivity index (χ0v) is 15.3. The number of nitrogens with one attached hydrogen (secondary N) is 2. The van der Waals surface area contributed by atoms with Crippen molar-refractivity contribution in [2.45, 2.75) is 26.8 Å². The number of fused-ring (bicyclic) bond motifs is 1. The second kappa shape index (κ2) is 6.84. The fourth-order valence-corrected chi connectivity index (χ4v) is 3.63. The largest absolute Gasteiger partial charge is 0.463 e. The lowest BCUT2D eigenvalue weighted by atomic mass is 9.95. The Morgan fingerprint density at radius 3 is 2.65 bits per heavy atom. The molecule has 8 heteroatoms. The highest BCUT2D eigenvalue weighted by molar-refractivity contribution is 6.33. The molecule has 0 aliphatic carbocycles. The van der Waals surface area contributed by atoms with Crippen molar-refractivity contribution in [3.8, 4) is 0 Å². The summed E-state index contributed by atoms with van der Waals surface area (Å²) in [5, 5.41) is 6.13. The Labute approximate surface area is 154 Å². The molecule has 26 heavy (non-hydrogen) atoms. The number of carbonyl (C=O) groups is 3. The number of nitrogens with zero attached hydrogens (tertiary/aromatic N) is 1. The number of esters is 1. The summed E-state index contributed by atoms with van der Waals surface area (Å²) in [4.78, 5) is 36.6. The molecule has 1 aromatic carbocycles. The Balaban J connectivity index is 2.29. The van der Waals surface area contributed by atoms with E-state index in [-0.39, 0.29) is 23.2 Å². The molecule has 2 heterocycles. The molecule has 1 unspecified atom stereocenters. The first-order valence-electron chi connectivity index (χ1n) is 8.12. The fraction of sp³-hybridized carbons (Fsp3) is 0.278. The molecule has 0 radical (unpaired) electrons. The van der Waals surface area contributed by atoms with Crippen LogP contribution >= 0.6 is 11.6 Å². The second-order valence-corrected chi connectivity index (χ2v) is 6.22. The van der Waals surface area contributed by atoms with E-state index in [1.807, 2.05) is 0 Å². The third kappa shape index (κ3) is 2.84. The van der Waals surface area contributed by atoms with Crippen LogP contribution in [0.15, 0.2) is 35.5 Å². The van der Waals surface area contributed by atoms with Crippen LogP contribution in [-0.2, 0) is 9.53 Å². The van der Waals surface area contributed by atoms with Gasteiger partial charge in [0.05, 0.1) is 23.7 Å². The van der Waals surface area contributed by atoms with Gasteiger partial charge in [0.15, 0.2) is 0 Å². The van der Waals surface area contributed by atoms with Crippen molar-refractivity contribution < 1.29 is 19.1 Å². The summed E-state index contributed by atoms with van der Waals surface area (Å²) >= 11 is 6.52. The lowest BCUT2D eigenvalue weighted by molar-refractivity contribution is -0.139. The van der Waals surface area contributed by atoms with Crippen molar-refractivity contribution in [2.75, 3.05) is 6.61 Å². The molecule has 1 aromatic heterocycles. The van der Waals surface area contributed by atoms with Gasteiger partial charge in [-0.05, 0) is 19.9 Å². The first-order valence-corrected chi connectivity index (χ1v) is 8.49. The summed E-state index contributed by atoms with van der Waals surface area (Å²) in [5.74, 6) is -0.825. The number of hydrogen-bond acceptors (Lipinski definition) is 4. The molecular formula is C18H18ClN3O4. The van der Waals surface area contributed by atoms with E-state index < -0.39 is 18.0 Å². The predicted octanol–water partition coefficient (Wildman–Crippen LogP) is 3.15. The maximum absolute atomic E-state index is 12.5. The highest BCUT2D eigenvalue weighted by Crippen LogP contribution is 2.39. The number of aromatic nitrogens is 1. The lowest BCUT2D eigenvalue weighted by Gasteiger charge is -2.28.